The number of thiophene rings is 1. The summed E-state index contributed by atoms with van der Waals surface area (Å²) in [6.07, 6.45) is -0.696. The highest BCUT2D eigenvalue weighted by molar-refractivity contribution is 7.12. The number of esters is 1. The summed E-state index contributed by atoms with van der Waals surface area (Å²) in [7, 11) is 0. The van der Waals surface area contributed by atoms with Gasteiger partial charge < -0.3 is 14.4 Å². The number of amides is 1. The zero-order valence-corrected chi connectivity index (χ0v) is 20.6. The number of rotatable bonds is 9. The van der Waals surface area contributed by atoms with Gasteiger partial charge in [0.1, 0.15) is 11.5 Å². The molecule has 1 N–H and O–H groups in total. The van der Waals surface area contributed by atoms with E-state index >= 15 is 0 Å². The van der Waals surface area contributed by atoms with Crippen LogP contribution >= 0.6 is 11.3 Å². The number of hydrogen-bond acceptors (Lipinski definition) is 6. The molecule has 0 spiro atoms. The summed E-state index contributed by atoms with van der Waals surface area (Å²) in [5, 5.41) is 2.81. The van der Waals surface area contributed by atoms with Crippen LogP contribution < -0.4 is 5.32 Å². The third-order valence-electron chi connectivity index (χ3n) is 5.92. The van der Waals surface area contributed by atoms with E-state index in [9.17, 15) is 22.8 Å². The number of carbonyl (C=O) groups excluding carboxylic acids is 2. The number of ether oxygens (including phenoxy) is 2. The van der Waals surface area contributed by atoms with Crippen molar-refractivity contribution < 1.29 is 32.2 Å². The highest BCUT2D eigenvalue weighted by Gasteiger charge is 2.36. The van der Waals surface area contributed by atoms with Gasteiger partial charge in [0, 0.05) is 29.1 Å². The van der Waals surface area contributed by atoms with Gasteiger partial charge in [-0.1, -0.05) is 30.3 Å². The molecule has 0 saturated carbocycles. The SMILES string of the molecule is CCOC(=O)CNCC(=O)N1CCC2=C1CCC(OCc1cc(-c3ccccc3)c(C(F)(F)F)s1)=C2. The largest absolute Gasteiger partial charge is 0.492 e. The number of hydrogen-bond donors (Lipinski definition) is 1. The van der Waals surface area contributed by atoms with Crippen molar-refractivity contribution >= 4 is 23.2 Å². The molecule has 1 aliphatic carbocycles. The zero-order chi connectivity index (χ0) is 25.7. The Kier molecular flexibility index (Phi) is 8.15. The molecule has 1 aromatic carbocycles. The number of nitrogens with zero attached hydrogens (tertiary/aromatic N) is 1. The van der Waals surface area contributed by atoms with Crippen LogP contribution in [-0.2, 0) is 31.8 Å². The Hall–Kier alpha value is -3.11. The molecule has 1 amide bonds. The number of benzene rings is 1. The first-order valence-electron chi connectivity index (χ1n) is 11.7. The standard InChI is InChI=1S/C26H27F3N2O4S/c1-2-34-24(33)15-30-14-23(32)31-11-10-18-12-19(8-9-22(18)31)35-16-20-13-21(17-6-4-3-5-7-17)25(36-20)26(27,28)29/h3-7,12-13,30H,2,8-11,14-16H2,1H3. The number of carbonyl (C=O) groups is 2. The Morgan fingerprint density at radius 2 is 1.89 bits per heavy atom. The molecule has 1 aliphatic heterocycles. The lowest BCUT2D eigenvalue weighted by Gasteiger charge is -2.23. The Morgan fingerprint density at radius 3 is 2.61 bits per heavy atom. The topological polar surface area (TPSA) is 67.9 Å². The smallest absolute Gasteiger partial charge is 0.426 e. The van der Waals surface area contributed by atoms with Crippen LogP contribution in [0.5, 0.6) is 0 Å². The third-order valence-corrected chi connectivity index (χ3v) is 7.08. The molecule has 0 saturated heterocycles. The second-order valence-corrected chi connectivity index (χ2v) is 9.53. The predicted molar refractivity (Wildman–Crippen MR) is 130 cm³/mol. The van der Waals surface area contributed by atoms with Crippen LogP contribution in [-0.4, -0.2) is 43.0 Å². The lowest BCUT2D eigenvalue weighted by molar-refractivity contribution is -0.142. The molecule has 10 heteroatoms. The normalized spacial score (nSPS) is 15.6. The minimum absolute atomic E-state index is 0.0258. The van der Waals surface area contributed by atoms with Crippen molar-refractivity contribution in [3.05, 3.63) is 69.3 Å². The molecular weight excluding hydrogens is 493 g/mol. The number of nitrogens with one attached hydrogen (secondary N) is 1. The maximum atomic E-state index is 13.6. The highest BCUT2D eigenvalue weighted by atomic mass is 32.1. The van der Waals surface area contributed by atoms with Crippen LogP contribution in [0.3, 0.4) is 0 Å². The molecule has 2 aliphatic rings. The zero-order valence-electron chi connectivity index (χ0n) is 19.8. The molecule has 4 rings (SSSR count). The van der Waals surface area contributed by atoms with E-state index < -0.39 is 17.0 Å². The minimum Gasteiger partial charge on any atom is -0.492 e. The summed E-state index contributed by atoms with van der Waals surface area (Å²) in [6, 6.07) is 10.1. The summed E-state index contributed by atoms with van der Waals surface area (Å²) in [6.45, 7) is 2.62. The molecule has 1 aromatic heterocycles. The van der Waals surface area contributed by atoms with Crippen molar-refractivity contribution in [3.63, 3.8) is 0 Å². The second kappa shape index (κ2) is 11.3. The van der Waals surface area contributed by atoms with E-state index in [4.69, 9.17) is 9.47 Å². The second-order valence-electron chi connectivity index (χ2n) is 8.39. The van der Waals surface area contributed by atoms with E-state index in [1.54, 1.807) is 48.2 Å². The van der Waals surface area contributed by atoms with Gasteiger partial charge in [-0.25, -0.2) is 0 Å². The summed E-state index contributed by atoms with van der Waals surface area (Å²) >= 11 is 0.704. The fourth-order valence-electron chi connectivity index (χ4n) is 4.33. The highest BCUT2D eigenvalue weighted by Crippen LogP contribution is 2.43. The van der Waals surface area contributed by atoms with Crippen molar-refractivity contribution in [2.75, 3.05) is 26.2 Å². The Labute approximate surface area is 211 Å². The number of allylic oxidation sites excluding steroid dienone is 3. The van der Waals surface area contributed by atoms with Gasteiger partial charge in [-0.3, -0.25) is 14.9 Å². The van der Waals surface area contributed by atoms with Crippen molar-refractivity contribution in [3.8, 4) is 11.1 Å². The van der Waals surface area contributed by atoms with Gasteiger partial charge in [0.25, 0.3) is 0 Å². The number of alkyl halides is 3. The van der Waals surface area contributed by atoms with Gasteiger partial charge >= 0.3 is 12.1 Å². The summed E-state index contributed by atoms with van der Waals surface area (Å²) in [4.78, 5) is 25.6. The average Bonchev–Trinajstić information content (AvgIpc) is 3.48. The van der Waals surface area contributed by atoms with Crippen molar-refractivity contribution in [2.24, 2.45) is 0 Å². The molecule has 192 valence electrons. The fourth-order valence-corrected chi connectivity index (χ4v) is 5.29. The molecule has 6 nitrogen and oxygen atoms in total. The Balaban J connectivity index is 1.38. The molecule has 2 heterocycles. The van der Waals surface area contributed by atoms with Gasteiger partial charge in [0.05, 0.1) is 25.5 Å². The van der Waals surface area contributed by atoms with Gasteiger partial charge in [-0.2, -0.15) is 13.2 Å². The van der Waals surface area contributed by atoms with Crippen LogP contribution in [0.15, 0.2) is 59.5 Å². The van der Waals surface area contributed by atoms with Crippen LogP contribution in [0.2, 0.25) is 0 Å². The maximum Gasteiger partial charge on any atom is 0.426 e. The molecule has 36 heavy (non-hydrogen) atoms. The molecule has 0 atom stereocenters. The Morgan fingerprint density at radius 1 is 1.11 bits per heavy atom. The van der Waals surface area contributed by atoms with E-state index in [1.165, 1.54) is 0 Å². The van der Waals surface area contributed by atoms with E-state index in [1.807, 2.05) is 6.08 Å². The first-order chi connectivity index (χ1) is 17.3. The van der Waals surface area contributed by atoms with Crippen LogP contribution in [0.25, 0.3) is 11.1 Å². The van der Waals surface area contributed by atoms with Gasteiger partial charge in [0.2, 0.25) is 5.91 Å². The maximum absolute atomic E-state index is 13.6. The van der Waals surface area contributed by atoms with Crippen LogP contribution in [0.1, 0.15) is 35.9 Å². The average molecular weight is 521 g/mol. The van der Waals surface area contributed by atoms with E-state index in [-0.39, 0.29) is 37.8 Å². The summed E-state index contributed by atoms with van der Waals surface area (Å²) < 4.78 is 51.6. The van der Waals surface area contributed by atoms with E-state index in [0.29, 0.717) is 53.3 Å². The summed E-state index contributed by atoms with van der Waals surface area (Å²) in [5.74, 6) is 0.179. The van der Waals surface area contributed by atoms with Crippen molar-refractivity contribution in [2.45, 2.75) is 39.0 Å². The van der Waals surface area contributed by atoms with Crippen LogP contribution in [0.4, 0.5) is 13.2 Å². The first-order valence-corrected chi connectivity index (χ1v) is 12.5. The van der Waals surface area contributed by atoms with Crippen LogP contribution in [0, 0.1) is 0 Å². The van der Waals surface area contributed by atoms with Crippen molar-refractivity contribution in [1.82, 2.24) is 10.2 Å². The Bertz CT molecular complexity index is 1170. The quantitative estimate of drug-likeness (QED) is 0.457. The first kappa shape index (κ1) is 26.0. The molecule has 0 unspecified atom stereocenters. The van der Waals surface area contributed by atoms with Crippen molar-refractivity contribution in [1.29, 1.82) is 0 Å². The fraction of sp³-hybridized carbons (Fsp3) is 0.385. The lowest BCUT2D eigenvalue weighted by Crippen LogP contribution is -2.38. The van der Waals surface area contributed by atoms with Gasteiger partial charge in [0.15, 0.2) is 0 Å². The van der Waals surface area contributed by atoms with Gasteiger partial charge in [-0.15, -0.1) is 11.3 Å². The van der Waals surface area contributed by atoms with E-state index in [0.717, 1.165) is 11.3 Å². The molecular formula is C26H27F3N2O4S. The van der Waals surface area contributed by atoms with Gasteiger partial charge in [-0.05, 0) is 43.0 Å². The molecule has 0 fully saturated rings. The lowest BCUT2D eigenvalue weighted by atomic mass is 10.0. The molecule has 2 aromatic rings. The minimum atomic E-state index is -4.44. The summed E-state index contributed by atoms with van der Waals surface area (Å²) in [5.41, 5.74) is 2.62. The predicted octanol–water partition coefficient (Wildman–Crippen LogP) is 5.27. The number of halogens is 3. The molecule has 0 radical (unpaired) electrons. The van der Waals surface area contributed by atoms with E-state index in [2.05, 4.69) is 5.32 Å². The molecule has 0 bridgehead atoms. The third kappa shape index (κ3) is 6.17. The monoisotopic (exact) mass is 520 g/mol.